The first-order chi connectivity index (χ1) is 13.9. The van der Waals surface area contributed by atoms with Crippen LogP contribution in [0.15, 0.2) is 32.0 Å². The standard InChI is InChI=1S/C17H4F3N5O2S2/c18-8-1-7(13(20)10(19)2-8)6-27-16(26)9(3-21)17-28-14-15(29-17)25-12(5-23)11(4-22)24-14/h1-2H,6H2. The van der Waals surface area contributed by atoms with E-state index < -0.39 is 41.2 Å². The molecule has 7 nitrogen and oxygen atoms in total. The quantitative estimate of drug-likeness (QED) is 0.311. The molecular weight excluding hydrogens is 427 g/mol. The lowest BCUT2D eigenvalue weighted by atomic mass is 10.2. The number of hydrogen-bond acceptors (Lipinski definition) is 9. The fourth-order valence-electron chi connectivity index (χ4n) is 2.10. The van der Waals surface area contributed by atoms with Crippen molar-refractivity contribution in [2.45, 2.75) is 16.7 Å². The lowest BCUT2D eigenvalue weighted by molar-refractivity contribution is -0.139. The average molecular weight is 431 g/mol. The second-order valence-corrected chi connectivity index (χ2v) is 7.43. The Kier molecular flexibility index (Phi) is 5.74. The Morgan fingerprint density at radius 2 is 1.62 bits per heavy atom. The fourth-order valence-corrected chi connectivity index (χ4v) is 4.34. The Morgan fingerprint density at radius 1 is 1.03 bits per heavy atom. The first-order valence-corrected chi connectivity index (χ1v) is 9.04. The third-order valence-corrected chi connectivity index (χ3v) is 5.74. The van der Waals surface area contributed by atoms with Crippen molar-refractivity contribution in [1.29, 1.82) is 15.8 Å². The van der Waals surface area contributed by atoms with Gasteiger partial charge in [-0.3, -0.25) is 0 Å². The summed E-state index contributed by atoms with van der Waals surface area (Å²) in [6, 6.07) is 6.10. The van der Waals surface area contributed by atoms with Crippen LogP contribution >= 0.6 is 23.5 Å². The first kappa shape index (κ1) is 20.2. The summed E-state index contributed by atoms with van der Waals surface area (Å²) in [7, 11) is 0. The second kappa shape index (κ2) is 8.23. The summed E-state index contributed by atoms with van der Waals surface area (Å²) in [6.07, 6.45) is 0. The summed E-state index contributed by atoms with van der Waals surface area (Å²) in [4.78, 5) is 20.1. The summed E-state index contributed by atoms with van der Waals surface area (Å²) < 4.78 is 45.0. The van der Waals surface area contributed by atoms with E-state index in [0.717, 1.165) is 23.5 Å². The molecule has 1 aromatic carbocycles. The van der Waals surface area contributed by atoms with Gasteiger partial charge in [-0.2, -0.15) is 15.8 Å². The molecule has 0 fully saturated rings. The molecule has 0 aliphatic carbocycles. The summed E-state index contributed by atoms with van der Waals surface area (Å²) in [5.74, 6) is -5.01. The van der Waals surface area contributed by atoms with Gasteiger partial charge in [0.1, 0.15) is 40.7 Å². The van der Waals surface area contributed by atoms with Gasteiger partial charge in [-0.1, -0.05) is 23.5 Å². The molecule has 0 saturated carbocycles. The van der Waals surface area contributed by atoms with Crippen molar-refractivity contribution in [3.63, 3.8) is 0 Å². The van der Waals surface area contributed by atoms with Gasteiger partial charge in [0.2, 0.25) is 0 Å². The van der Waals surface area contributed by atoms with Crippen LogP contribution in [0.3, 0.4) is 0 Å². The summed E-state index contributed by atoms with van der Waals surface area (Å²) in [5, 5.41) is 27.7. The van der Waals surface area contributed by atoms with Crippen LogP contribution in [0.5, 0.6) is 0 Å². The normalized spacial score (nSPS) is 11.8. The molecule has 142 valence electrons. The van der Waals surface area contributed by atoms with Gasteiger partial charge in [-0.05, 0) is 6.07 Å². The van der Waals surface area contributed by atoms with Gasteiger partial charge in [0, 0.05) is 11.6 Å². The lowest BCUT2D eigenvalue weighted by Gasteiger charge is -2.07. The number of carbonyl (C=O) groups is 1. The third-order valence-electron chi connectivity index (χ3n) is 3.37. The molecule has 0 amide bonds. The molecule has 29 heavy (non-hydrogen) atoms. The smallest absolute Gasteiger partial charge is 0.350 e. The van der Waals surface area contributed by atoms with Gasteiger partial charge in [0.25, 0.3) is 0 Å². The molecule has 1 aliphatic rings. The monoisotopic (exact) mass is 431 g/mol. The molecule has 0 bridgehead atoms. The van der Waals surface area contributed by atoms with E-state index >= 15 is 0 Å². The van der Waals surface area contributed by atoms with E-state index in [1.165, 1.54) is 0 Å². The van der Waals surface area contributed by atoms with Crippen molar-refractivity contribution in [1.82, 2.24) is 9.97 Å². The van der Waals surface area contributed by atoms with Crippen LogP contribution in [-0.2, 0) is 16.1 Å². The van der Waals surface area contributed by atoms with Gasteiger partial charge in [-0.15, -0.1) is 0 Å². The summed E-state index contributed by atoms with van der Waals surface area (Å²) in [5.41, 5.74) is -1.40. The molecule has 0 N–H and O–H groups in total. The van der Waals surface area contributed by atoms with Gasteiger partial charge in [-0.25, -0.2) is 27.9 Å². The van der Waals surface area contributed by atoms with Crippen molar-refractivity contribution < 1.29 is 22.7 Å². The number of ether oxygens (including phenoxy) is 1. The van der Waals surface area contributed by atoms with Crippen LogP contribution in [-0.4, -0.2) is 15.9 Å². The molecule has 0 spiro atoms. The number of nitriles is 3. The van der Waals surface area contributed by atoms with Crippen LogP contribution < -0.4 is 0 Å². The lowest BCUT2D eigenvalue weighted by Crippen LogP contribution is -2.09. The molecule has 0 atom stereocenters. The van der Waals surface area contributed by atoms with Crippen molar-refractivity contribution in [3.8, 4) is 18.2 Å². The van der Waals surface area contributed by atoms with Gasteiger partial charge >= 0.3 is 5.97 Å². The van der Waals surface area contributed by atoms with Crippen molar-refractivity contribution in [3.05, 3.63) is 56.3 Å². The van der Waals surface area contributed by atoms with E-state index in [0.29, 0.717) is 12.1 Å². The largest absolute Gasteiger partial charge is 0.457 e. The van der Waals surface area contributed by atoms with Crippen molar-refractivity contribution >= 4 is 29.5 Å². The van der Waals surface area contributed by atoms with Crippen LogP contribution in [0.4, 0.5) is 13.2 Å². The van der Waals surface area contributed by atoms with E-state index in [-0.39, 0.29) is 25.7 Å². The number of esters is 1. The number of thioether (sulfide) groups is 2. The average Bonchev–Trinajstić information content (AvgIpc) is 3.11. The second-order valence-electron chi connectivity index (χ2n) is 5.17. The number of halogens is 3. The Morgan fingerprint density at radius 3 is 2.14 bits per heavy atom. The van der Waals surface area contributed by atoms with Crippen LogP contribution in [0.25, 0.3) is 0 Å². The minimum Gasteiger partial charge on any atom is -0.457 e. The van der Waals surface area contributed by atoms with Gasteiger partial charge in [0.05, 0.1) is 4.24 Å². The minimum atomic E-state index is -1.44. The van der Waals surface area contributed by atoms with Crippen molar-refractivity contribution in [2.24, 2.45) is 0 Å². The number of rotatable bonds is 3. The molecule has 2 aromatic rings. The molecular formula is C17H4F3N5O2S2. The topological polar surface area (TPSA) is 123 Å². The number of nitrogens with zero attached hydrogens (tertiary/aromatic N) is 5. The highest BCUT2D eigenvalue weighted by atomic mass is 32.2. The van der Waals surface area contributed by atoms with Crippen LogP contribution in [0, 0.1) is 51.4 Å². The van der Waals surface area contributed by atoms with Gasteiger partial charge < -0.3 is 4.74 Å². The maximum Gasteiger partial charge on any atom is 0.350 e. The predicted octanol–water partition coefficient (Wildman–Crippen LogP) is 3.31. The highest BCUT2D eigenvalue weighted by Crippen LogP contribution is 2.50. The SMILES string of the molecule is N#CC(C(=O)OCc1cc(F)cc(F)c1F)=C1Sc2nc(C#N)c(C#N)nc2S1. The van der Waals surface area contributed by atoms with E-state index in [9.17, 15) is 23.2 Å². The Balaban J connectivity index is 1.83. The maximum absolute atomic E-state index is 13.7. The van der Waals surface area contributed by atoms with Crippen LogP contribution in [0.1, 0.15) is 17.0 Å². The number of carbonyl (C=O) groups excluding carboxylic acids is 1. The molecule has 0 saturated heterocycles. The zero-order valence-corrected chi connectivity index (χ0v) is 15.5. The first-order valence-electron chi connectivity index (χ1n) is 7.40. The molecule has 0 unspecified atom stereocenters. The number of aromatic nitrogens is 2. The molecule has 3 rings (SSSR count). The highest BCUT2D eigenvalue weighted by Gasteiger charge is 2.29. The molecule has 12 heteroatoms. The van der Waals surface area contributed by atoms with E-state index in [2.05, 4.69) is 9.97 Å². The zero-order valence-electron chi connectivity index (χ0n) is 13.9. The van der Waals surface area contributed by atoms with Gasteiger partial charge in [0.15, 0.2) is 28.6 Å². The third kappa shape index (κ3) is 4.02. The fraction of sp³-hybridized carbons (Fsp3) is 0.0588. The maximum atomic E-state index is 13.7. The van der Waals surface area contributed by atoms with E-state index in [4.69, 9.17) is 15.3 Å². The zero-order chi connectivity index (χ0) is 21.1. The van der Waals surface area contributed by atoms with Crippen molar-refractivity contribution in [2.75, 3.05) is 0 Å². The minimum absolute atomic E-state index is 0.123. The molecule has 2 heterocycles. The molecule has 0 radical (unpaired) electrons. The van der Waals surface area contributed by atoms with E-state index in [1.807, 2.05) is 0 Å². The highest BCUT2D eigenvalue weighted by molar-refractivity contribution is 8.24. The predicted molar refractivity (Wildman–Crippen MR) is 91.9 cm³/mol. The van der Waals surface area contributed by atoms with Crippen LogP contribution in [0.2, 0.25) is 0 Å². The Bertz CT molecular complexity index is 1170. The Hall–Kier alpha value is -3.53. The summed E-state index contributed by atoms with van der Waals surface area (Å²) in [6.45, 7) is -0.798. The molecule has 1 aromatic heterocycles. The Labute approximate surface area is 169 Å². The number of benzene rings is 1. The number of hydrogen-bond donors (Lipinski definition) is 0. The molecule has 1 aliphatic heterocycles. The summed E-state index contributed by atoms with van der Waals surface area (Å²) >= 11 is 1.73. The number of fused-ring (bicyclic) bond motifs is 1. The van der Waals surface area contributed by atoms with E-state index in [1.54, 1.807) is 18.2 Å².